The first-order chi connectivity index (χ1) is 10.8. The molecule has 0 amide bonds. The Labute approximate surface area is 136 Å². The van der Waals surface area contributed by atoms with Crippen LogP contribution >= 0.6 is 0 Å². The van der Waals surface area contributed by atoms with Crippen LogP contribution in [0.5, 0.6) is 0 Å². The summed E-state index contributed by atoms with van der Waals surface area (Å²) in [4.78, 5) is 7.23. The van der Waals surface area contributed by atoms with Crippen molar-refractivity contribution in [2.75, 3.05) is 33.2 Å². The first-order valence-corrected chi connectivity index (χ1v) is 9.52. The van der Waals surface area contributed by atoms with Crippen molar-refractivity contribution in [3.63, 3.8) is 0 Å². The fourth-order valence-corrected chi connectivity index (χ4v) is 4.21. The van der Waals surface area contributed by atoms with Gasteiger partial charge in [-0.1, -0.05) is 25.7 Å². The van der Waals surface area contributed by atoms with Crippen LogP contribution in [0.3, 0.4) is 0 Å². The molecular formula is C18H34N4. The molecule has 126 valence electrons. The molecule has 1 aliphatic heterocycles. The second-order valence-electron chi connectivity index (χ2n) is 7.58. The molecule has 0 bridgehead atoms. The van der Waals surface area contributed by atoms with Gasteiger partial charge in [-0.05, 0) is 57.5 Å². The predicted octanol–water partition coefficient (Wildman–Crippen LogP) is 2.75. The number of likely N-dealkylation sites (tertiary alicyclic amines) is 1. The molecule has 3 aliphatic rings. The molecule has 4 nitrogen and oxygen atoms in total. The Hall–Kier alpha value is -0.770. The number of hydrogen-bond acceptors (Lipinski definition) is 2. The molecule has 0 radical (unpaired) electrons. The number of hydrogen-bond donors (Lipinski definition) is 2. The van der Waals surface area contributed by atoms with Gasteiger partial charge in [0.1, 0.15) is 0 Å². The molecule has 2 N–H and O–H groups in total. The second kappa shape index (κ2) is 7.67. The Morgan fingerprint density at radius 2 is 1.68 bits per heavy atom. The summed E-state index contributed by atoms with van der Waals surface area (Å²) >= 11 is 0. The van der Waals surface area contributed by atoms with E-state index >= 15 is 0 Å². The predicted molar refractivity (Wildman–Crippen MR) is 93.3 cm³/mol. The van der Waals surface area contributed by atoms with Crippen molar-refractivity contribution in [2.24, 2.45) is 10.9 Å². The van der Waals surface area contributed by atoms with Crippen molar-refractivity contribution >= 4 is 5.96 Å². The standard InChI is InChI=1S/C18H34N4/c1-19-17(20-14-16-8-9-16)21-15-18(10-4-2-5-11-18)22-12-6-3-7-13-22/h16H,2-15H2,1H3,(H2,19,20,21). The molecule has 0 aromatic rings. The van der Waals surface area contributed by atoms with E-state index in [4.69, 9.17) is 0 Å². The third-order valence-corrected chi connectivity index (χ3v) is 5.87. The molecule has 1 saturated heterocycles. The van der Waals surface area contributed by atoms with Gasteiger partial charge in [0, 0.05) is 25.7 Å². The monoisotopic (exact) mass is 306 g/mol. The number of rotatable bonds is 5. The number of piperidine rings is 1. The highest BCUT2D eigenvalue weighted by Crippen LogP contribution is 2.35. The average Bonchev–Trinajstić information content (AvgIpc) is 3.41. The minimum absolute atomic E-state index is 0.385. The van der Waals surface area contributed by atoms with Gasteiger partial charge in [0.15, 0.2) is 5.96 Å². The highest BCUT2D eigenvalue weighted by molar-refractivity contribution is 5.79. The van der Waals surface area contributed by atoms with E-state index in [1.807, 2.05) is 7.05 Å². The van der Waals surface area contributed by atoms with Crippen LogP contribution in [0.15, 0.2) is 4.99 Å². The third-order valence-electron chi connectivity index (χ3n) is 5.87. The fraction of sp³-hybridized carbons (Fsp3) is 0.944. The molecule has 0 aromatic heterocycles. The largest absolute Gasteiger partial charge is 0.356 e. The molecule has 4 heteroatoms. The van der Waals surface area contributed by atoms with Crippen LogP contribution < -0.4 is 10.6 Å². The summed E-state index contributed by atoms with van der Waals surface area (Å²) in [6, 6.07) is 0. The van der Waals surface area contributed by atoms with E-state index in [0.29, 0.717) is 5.54 Å². The molecule has 2 saturated carbocycles. The van der Waals surface area contributed by atoms with Crippen LogP contribution in [0.25, 0.3) is 0 Å². The molecule has 0 spiro atoms. The van der Waals surface area contributed by atoms with Gasteiger partial charge in [-0.3, -0.25) is 9.89 Å². The van der Waals surface area contributed by atoms with Crippen molar-refractivity contribution in [1.82, 2.24) is 15.5 Å². The van der Waals surface area contributed by atoms with Gasteiger partial charge in [-0.15, -0.1) is 0 Å². The molecule has 3 rings (SSSR count). The number of nitrogens with one attached hydrogen (secondary N) is 2. The summed E-state index contributed by atoms with van der Waals surface area (Å²) < 4.78 is 0. The van der Waals surface area contributed by atoms with Crippen molar-refractivity contribution < 1.29 is 0 Å². The Bertz CT molecular complexity index is 363. The summed E-state index contributed by atoms with van der Waals surface area (Å²) in [5.74, 6) is 1.90. The van der Waals surface area contributed by atoms with Crippen molar-refractivity contribution in [3.05, 3.63) is 0 Å². The lowest BCUT2D eigenvalue weighted by atomic mass is 9.79. The highest BCUT2D eigenvalue weighted by Gasteiger charge is 2.38. The SMILES string of the molecule is CN=C(NCC1CC1)NCC1(N2CCCCC2)CCCCC1. The molecular weight excluding hydrogens is 272 g/mol. The lowest BCUT2D eigenvalue weighted by Gasteiger charge is -2.48. The first-order valence-electron chi connectivity index (χ1n) is 9.52. The van der Waals surface area contributed by atoms with Crippen molar-refractivity contribution in [2.45, 2.75) is 69.7 Å². The first kappa shape index (κ1) is 16.1. The van der Waals surface area contributed by atoms with E-state index in [0.717, 1.165) is 25.0 Å². The Kier molecular flexibility index (Phi) is 5.61. The smallest absolute Gasteiger partial charge is 0.191 e. The molecule has 0 atom stereocenters. The van der Waals surface area contributed by atoms with Crippen molar-refractivity contribution in [1.29, 1.82) is 0 Å². The van der Waals surface area contributed by atoms with Crippen LogP contribution in [0.2, 0.25) is 0 Å². The second-order valence-corrected chi connectivity index (χ2v) is 7.58. The number of nitrogens with zero attached hydrogens (tertiary/aromatic N) is 2. The lowest BCUT2D eigenvalue weighted by molar-refractivity contribution is 0.0368. The van der Waals surface area contributed by atoms with Crippen LogP contribution in [0, 0.1) is 5.92 Å². The quantitative estimate of drug-likeness (QED) is 0.606. The average molecular weight is 306 g/mol. The van der Waals surface area contributed by atoms with E-state index in [1.165, 1.54) is 77.3 Å². The maximum Gasteiger partial charge on any atom is 0.191 e. The summed E-state index contributed by atoms with van der Waals surface area (Å²) in [7, 11) is 1.90. The van der Waals surface area contributed by atoms with E-state index < -0.39 is 0 Å². The number of aliphatic imine (C=N–C) groups is 1. The maximum atomic E-state index is 4.42. The fourth-order valence-electron chi connectivity index (χ4n) is 4.21. The zero-order chi connectivity index (χ0) is 15.3. The van der Waals surface area contributed by atoms with Gasteiger partial charge in [-0.2, -0.15) is 0 Å². The molecule has 0 unspecified atom stereocenters. The van der Waals surface area contributed by atoms with Gasteiger partial charge in [-0.25, -0.2) is 0 Å². The van der Waals surface area contributed by atoms with Gasteiger partial charge < -0.3 is 10.6 Å². The summed E-state index contributed by atoms with van der Waals surface area (Å²) in [6.07, 6.45) is 13.9. The number of guanidine groups is 1. The lowest BCUT2D eigenvalue weighted by Crippen LogP contribution is -2.59. The van der Waals surface area contributed by atoms with E-state index in [1.54, 1.807) is 0 Å². The van der Waals surface area contributed by atoms with Crippen LogP contribution in [0.4, 0.5) is 0 Å². The van der Waals surface area contributed by atoms with E-state index in [2.05, 4.69) is 20.5 Å². The minimum atomic E-state index is 0.385. The van der Waals surface area contributed by atoms with Gasteiger partial charge >= 0.3 is 0 Å². The molecule has 3 fully saturated rings. The molecule has 0 aromatic carbocycles. The zero-order valence-electron chi connectivity index (χ0n) is 14.4. The molecule has 1 heterocycles. The van der Waals surface area contributed by atoms with Gasteiger partial charge in [0.05, 0.1) is 0 Å². The highest BCUT2D eigenvalue weighted by atomic mass is 15.3. The Morgan fingerprint density at radius 3 is 2.32 bits per heavy atom. The van der Waals surface area contributed by atoms with E-state index in [9.17, 15) is 0 Å². The topological polar surface area (TPSA) is 39.7 Å². The minimum Gasteiger partial charge on any atom is -0.356 e. The summed E-state index contributed by atoms with van der Waals surface area (Å²) in [5.41, 5.74) is 0.385. The third kappa shape index (κ3) is 4.15. The van der Waals surface area contributed by atoms with Crippen LogP contribution in [-0.2, 0) is 0 Å². The van der Waals surface area contributed by atoms with Crippen molar-refractivity contribution in [3.8, 4) is 0 Å². The maximum absolute atomic E-state index is 4.42. The van der Waals surface area contributed by atoms with Crippen LogP contribution in [0.1, 0.15) is 64.2 Å². The van der Waals surface area contributed by atoms with Gasteiger partial charge in [0.25, 0.3) is 0 Å². The van der Waals surface area contributed by atoms with E-state index in [-0.39, 0.29) is 0 Å². The summed E-state index contributed by atoms with van der Waals surface area (Å²) in [5, 5.41) is 7.17. The zero-order valence-corrected chi connectivity index (χ0v) is 14.4. The summed E-state index contributed by atoms with van der Waals surface area (Å²) in [6.45, 7) is 4.76. The normalized spacial score (nSPS) is 26.7. The Morgan fingerprint density at radius 1 is 1.00 bits per heavy atom. The molecule has 22 heavy (non-hydrogen) atoms. The van der Waals surface area contributed by atoms with Gasteiger partial charge in [0.2, 0.25) is 0 Å². The van der Waals surface area contributed by atoms with Crippen LogP contribution in [-0.4, -0.2) is 49.6 Å². The Balaban J connectivity index is 1.56. The molecule has 2 aliphatic carbocycles.